The molecule has 1 aliphatic heterocycles. The van der Waals surface area contributed by atoms with Gasteiger partial charge in [0.15, 0.2) is 5.43 Å². The van der Waals surface area contributed by atoms with Gasteiger partial charge in [0.2, 0.25) is 0 Å². The van der Waals surface area contributed by atoms with Gasteiger partial charge in [-0.1, -0.05) is 18.2 Å². The zero-order valence-electron chi connectivity index (χ0n) is 24.7. The maximum absolute atomic E-state index is 12.2. The van der Waals surface area contributed by atoms with Crippen molar-refractivity contribution in [2.75, 3.05) is 20.3 Å². The standard InChI is InChI=1S/C36H33N3O5/c1-24-18-29(42-2)10-13-31(24)36-32-12-9-28(41)19-34(32)44-35-20-30(11-14-33(35)36)43-23-27-8-5-7-26(38-27)22-39(16-17-40)21-25-6-3-4-15-37-25/h3-15,18-20,40H,16-17,21-23H2,1-2H3. The van der Waals surface area contributed by atoms with Crippen molar-refractivity contribution >= 4 is 11.0 Å². The van der Waals surface area contributed by atoms with E-state index in [-0.39, 0.29) is 18.6 Å². The van der Waals surface area contributed by atoms with Crippen molar-refractivity contribution in [3.8, 4) is 33.9 Å². The molecule has 1 aliphatic carbocycles. The third kappa shape index (κ3) is 6.46. The Hall–Kier alpha value is -5.05. The zero-order chi connectivity index (χ0) is 30.5. The van der Waals surface area contributed by atoms with Crippen LogP contribution in [0.4, 0.5) is 0 Å². The molecule has 3 heterocycles. The SMILES string of the molecule is COc1ccc(-c2c3ccc(=O)cc-3oc3cc(OCc4cccc(CN(CCO)Cc5ccccn5)n4)ccc23)c(C)c1. The van der Waals surface area contributed by atoms with Gasteiger partial charge in [-0.05, 0) is 78.7 Å². The second kappa shape index (κ2) is 13.1. The van der Waals surface area contributed by atoms with Gasteiger partial charge >= 0.3 is 0 Å². The maximum atomic E-state index is 12.2. The number of rotatable bonds is 11. The summed E-state index contributed by atoms with van der Waals surface area (Å²) in [7, 11) is 1.65. The van der Waals surface area contributed by atoms with E-state index < -0.39 is 0 Å². The van der Waals surface area contributed by atoms with Crippen LogP contribution in [0.5, 0.6) is 11.5 Å². The molecule has 0 saturated heterocycles. The highest BCUT2D eigenvalue weighted by atomic mass is 16.5. The number of pyridine rings is 2. The third-order valence-corrected chi connectivity index (χ3v) is 7.53. The van der Waals surface area contributed by atoms with Crippen LogP contribution in [0.2, 0.25) is 0 Å². The fraction of sp³-hybridized carbons (Fsp3) is 0.194. The molecule has 0 unspecified atom stereocenters. The summed E-state index contributed by atoms with van der Waals surface area (Å²) in [5.41, 5.74) is 7.02. The molecular weight excluding hydrogens is 554 g/mol. The Balaban J connectivity index is 1.26. The molecule has 2 aliphatic rings. The molecule has 2 aromatic carbocycles. The molecule has 6 rings (SSSR count). The van der Waals surface area contributed by atoms with E-state index in [1.807, 2.05) is 85.8 Å². The lowest BCUT2D eigenvalue weighted by molar-refractivity contribution is 0.181. The van der Waals surface area contributed by atoms with E-state index in [1.165, 1.54) is 6.07 Å². The predicted molar refractivity (Wildman–Crippen MR) is 170 cm³/mol. The highest BCUT2D eigenvalue weighted by Crippen LogP contribution is 2.42. The Kier molecular flexibility index (Phi) is 8.63. The number of fused-ring (bicyclic) bond motifs is 2. The molecule has 1 N–H and O–H groups in total. The van der Waals surface area contributed by atoms with E-state index in [0.29, 0.717) is 36.7 Å². The molecule has 0 fully saturated rings. The molecule has 0 spiro atoms. The van der Waals surface area contributed by atoms with Gasteiger partial charge in [0, 0.05) is 54.5 Å². The average Bonchev–Trinajstić information content (AvgIpc) is 3.03. The number of aromatic nitrogens is 2. The number of nitrogens with zero attached hydrogens (tertiary/aromatic N) is 3. The molecule has 4 aromatic rings. The van der Waals surface area contributed by atoms with Crippen molar-refractivity contribution in [1.82, 2.24) is 14.9 Å². The molecule has 8 nitrogen and oxygen atoms in total. The quantitative estimate of drug-likeness (QED) is 0.178. The van der Waals surface area contributed by atoms with Gasteiger partial charge in [0.25, 0.3) is 0 Å². The molecule has 0 radical (unpaired) electrons. The molecule has 2 aromatic heterocycles. The lowest BCUT2D eigenvalue weighted by Crippen LogP contribution is -2.27. The number of hydrogen-bond acceptors (Lipinski definition) is 8. The van der Waals surface area contributed by atoms with Crippen LogP contribution in [0.3, 0.4) is 0 Å². The molecule has 0 amide bonds. The van der Waals surface area contributed by atoms with E-state index in [2.05, 4.69) is 9.88 Å². The van der Waals surface area contributed by atoms with Crippen molar-refractivity contribution in [2.45, 2.75) is 26.6 Å². The topological polar surface area (TPSA) is 97.9 Å². The maximum Gasteiger partial charge on any atom is 0.182 e. The largest absolute Gasteiger partial charge is 0.497 e. The predicted octanol–water partition coefficient (Wildman–Crippen LogP) is 6.25. The van der Waals surface area contributed by atoms with Crippen LogP contribution in [0.25, 0.3) is 33.4 Å². The van der Waals surface area contributed by atoms with Gasteiger partial charge in [0.1, 0.15) is 29.4 Å². The second-order valence-corrected chi connectivity index (χ2v) is 10.6. The van der Waals surface area contributed by atoms with Gasteiger partial charge in [-0.2, -0.15) is 0 Å². The Morgan fingerprint density at radius 2 is 1.64 bits per heavy atom. The van der Waals surface area contributed by atoms with Crippen molar-refractivity contribution in [3.05, 3.63) is 130 Å². The molecule has 44 heavy (non-hydrogen) atoms. The minimum absolute atomic E-state index is 0.0494. The van der Waals surface area contributed by atoms with Crippen molar-refractivity contribution in [3.63, 3.8) is 0 Å². The monoisotopic (exact) mass is 587 g/mol. The zero-order valence-corrected chi connectivity index (χ0v) is 24.7. The third-order valence-electron chi connectivity index (χ3n) is 7.53. The first-order valence-electron chi connectivity index (χ1n) is 14.5. The van der Waals surface area contributed by atoms with E-state index in [1.54, 1.807) is 19.4 Å². The first-order chi connectivity index (χ1) is 21.5. The number of benzene rings is 3. The molecule has 8 heteroatoms. The lowest BCUT2D eigenvalue weighted by Gasteiger charge is -2.20. The van der Waals surface area contributed by atoms with Crippen LogP contribution < -0.4 is 14.9 Å². The summed E-state index contributed by atoms with van der Waals surface area (Å²) in [5.74, 6) is 1.92. The molecule has 0 atom stereocenters. The summed E-state index contributed by atoms with van der Waals surface area (Å²) in [5, 5.41) is 10.5. The van der Waals surface area contributed by atoms with Crippen LogP contribution in [0.1, 0.15) is 22.6 Å². The summed E-state index contributed by atoms with van der Waals surface area (Å²) in [6.07, 6.45) is 1.77. The summed E-state index contributed by atoms with van der Waals surface area (Å²) < 4.78 is 17.8. The van der Waals surface area contributed by atoms with Crippen LogP contribution in [-0.2, 0) is 19.7 Å². The molecular formula is C36H33N3O5. The van der Waals surface area contributed by atoms with Crippen LogP contribution in [0.15, 0.2) is 106 Å². The molecule has 0 bridgehead atoms. The Labute approximate surface area is 255 Å². The van der Waals surface area contributed by atoms with E-state index in [4.69, 9.17) is 18.9 Å². The van der Waals surface area contributed by atoms with Gasteiger partial charge in [-0.15, -0.1) is 0 Å². The fourth-order valence-electron chi connectivity index (χ4n) is 5.43. The van der Waals surface area contributed by atoms with Crippen LogP contribution in [0, 0.1) is 6.92 Å². The number of aliphatic hydroxyl groups excluding tert-OH is 1. The number of aliphatic hydroxyl groups is 1. The fourth-order valence-corrected chi connectivity index (χ4v) is 5.43. The van der Waals surface area contributed by atoms with Gasteiger partial charge in [-0.3, -0.25) is 19.7 Å². The van der Waals surface area contributed by atoms with E-state index in [0.717, 1.165) is 50.5 Å². The van der Waals surface area contributed by atoms with Crippen LogP contribution >= 0.6 is 0 Å². The Bertz CT molecular complexity index is 1920. The molecule has 222 valence electrons. The van der Waals surface area contributed by atoms with Crippen molar-refractivity contribution < 1.29 is 19.0 Å². The normalized spacial score (nSPS) is 11.4. The highest BCUT2D eigenvalue weighted by molar-refractivity contribution is 6.02. The van der Waals surface area contributed by atoms with Crippen LogP contribution in [-0.4, -0.2) is 40.2 Å². The highest BCUT2D eigenvalue weighted by Gasteiger charge is 2.19. The number of ether oxygens (including phenoxy) is 2. The molecule has 0 saturated carbocycles. The van der Waals surface area contributed by atoms with Crippen molar-refractivity contribution in [2.24, 2.45) is 0 Å². The number of aryl methyl sites for hydroxylation is 1. The average molecular weight is 588 g/mol. The first kappa shape index (κ1) is 29.0. The lowest BCUT2D eigenvalue weighted by atomic mass is 9.91. The Morgan fingerprint density at radius 3 is 2.43 bits per heavy atom. The summed E-state index contributed by atoms with van der Waals surface area (Å²) in [6, 6.07) is 28.3. The number of hydrogen-bond donors (Lipinski definition) is 1. The van der Waals surface area contributed by atoms with Gasteiger partial charge in [-0.25, -0.2) is 0 Å². The van der Waals surface area contributed by atoms with Crippen molar-refractivity contribution in [1.29, 1.82) is 0 Å². The number of methoxy groups -OCH3 is 1. The van der Waals surface area contributed by atoms with E-state index >= 15 is 0 Å². The minimum Gasteiger partial charge on any atom is -0.497 e. The smallest absolute Gasteiger partial charge is 0.182 e. The second-order valence-electron chi connectivity index (χ2n) is 10.6. The summed E-state index contributed by atoms with van der Waals surface area (Å²) in [4.78, 5) is 23.6. The van der Waals surface area contributed by atoms with Gasteiger partial charge in [0.05, 0.1) is 30.8 Å². The minimum atomic E-state index is -0.117. The van der Waals surface area contributed by atoms with Gasteiger partial charge < -0.3 is 19.0 Å². The van der Waals surface area contributed by atoms with E-state index in [9.17, 15) is 9.90 Å². The summed E-state index contributed by atoms with van der Waals surface area (Å²) in [6.45, 7) is 4.06. The summed E-state index contributed by atoms with van der Waals surface area (Å²) >= 11 is 0. The first-order valence-corrected chi connectivity index (χ1v) is 14.5. The Morgan fingerprint density at radius 1 is 0.841 bits per heavy atom.